The molecule has 0 atom stereocenters. The number of halogens is 1. The van der Waals surface area contributed by atoms with Crippen LogP contribution < -0.4 is 15.2 Å². The van der Waals surface area contributed by atoms with Crippen molar-refractivity contribution in [2.24, 2.45) is 5.73 Å². The summed E-state index contributed by atoms with van der Waals surface area (Å²) in [6, 6.07) is 4.84. The second-order valence-electron chi connectivity index (χ2n) is 5.16. The quantitative estimate of drug-likeness (QED) is 0.742. The van der Waals surface area contributed by atoms with Crippen molar-refractivity contribution >= 4 is 27.5 Å². The average molecular weight is 316 g/mol. The van der Waals surface area contributed by atoms with E-state index in [4.69, 9.17) is 17.3 Å². The SMILES string of the molecule is CC(C)(C)NS(=O)(=O)Nc1cc(C#CCN)ccc1Cl. The Morgan fingerprint density at radius 2 is 2.00 bits per heavy atom. The predicted molar refractivity (Wildman–Crippen MR) is 82.8 cm³/mol. The number of hydrogen-bond acceptors (Lipinski definition) is 3. The van der Waals surface area contributed by atoms with E-state index in [1.807, 2.05) is 0 Å². The van der Waals surface area contributed by atoms with Crippen LogP contribution in [0.15, 0.2) is 18.2 Å². The Hall–Kier alpha value is -1.26. The van der Waals surface area contributed by atoms with Gasteiger partial charge in [0.2, 0.25) is 0 Å². The molecule has 0 unspecified atom stereocenters. The molecule has 7 heteroatoms. The van der Waals surface area contributed by atoms with Crippen LogP contribution in [0.4, 0.5) is 5.69 Å². The van der Waals surface area contributed by atoms with Gasteiger partial charge in [0.25, 0.3) is 10.2 Å². The molecule has 0 saturated heterocycles. The third kappa shape index (κ3) is 5.80. The Labute approximate surface area is 125 Å². The highest BCUT2D eigenvalue weighted by Crippen LogP contribution is 2.23. The zero-order valence-electron chi connectivity index (χ0n) is 11.6. The minimum atomic E-state index is -3.71. The van der Waals surface area contributed by atoms with Gasteiger partial charge in [-0.15, -0.1) is 0 Å². The lowest BCUT2D eigenvalue weighted by Gasteiger charge is -2.21. The zero-order valence-corrected chi connectivity index (χ0v) is 13.2. The van der Waals surface area contributed by atoms with Crippen LogP contribution in [-0.2, 0) is 10.2 Å². The molecule has 20 heavy (non-hydrogen) atoms. The van der Waals surface area contributed by atoms with Crippen molar-refractivity contribution in [2.75, 3.05) is 11.3 Å². The number of anilines is 1. The highest BCUT2D eigenvalue weighted by molar-refractivity contribution is 7.90. The fourth-order valence-corrected chi connectivity index (χ4v) is 2.94. The lowest BCUT2D eigenvalue weighted by atomic mass is 10.1. The summed E-state index contributed by atoms with van der Waals surface area (Å²) in [5, 5.41) is 0.294. The summed E-state index contributed by atoms with van der Waals surface area (Å²) in [5.41, 5.74) is 5.61. The first-order valence-corrected chi connectivity index (χ1v) is 7.79. The molecule has 0 aromatic heterocycles. The Morgan fingerprint density at radius 3 is 2.55 bits per heavy atom. The van der Waals surface area contributed by atoms with Crippen LogP contribution in [0.1, 0.15) is 26.3 Å². The molecular formula is C13H18ClN3O2S. The molecule has 0 bridgehead atoms. The number of nitrogens with two attached hydrogens (primary N) is 1. The second-order valence-corrected chi connectivity index (χ2v) is 6.98. The molecule has 1 aromatic rings. The molecule has 110 valence electrons. The van der Waals surface area contributed by atoms with Gasteiger partial charge in [-0.25, -0.2) is 0 Å². The third-order valence-corrected chi connectivity index (χ3v) is 3.69. The second kappa shape index (κ2) is 6.46. The van der Waals surface area contributed by atoms with E-state index in [1.54, 1.807) is 39.0 Å². The molecule has 1 rings (SSSR count). The van der Waals surface area contributed by atoms with E-state index in [9.17, 15) is 8.42 Å². The molecule has 0 spiro atoms. The van der Waals surface area contributed by atoms with Gasteiger partial charge in [0.1, 0.15) is 0 Å². The largest absolute Gasteiger partial charge is 0.320 e. The molecule has 0 aliphatic carbocycles. The normalized spacial score (nSPS) is 11.7. The number of benzene rings is 1. The Kier molecular flexibility index (Phi) is 5.42. The van der Waals surface area contributed by atoms with Crippen LogP contribution in [0.25, 0.3) is 0 Å². The Balaban J connectivity index is 3.03. The standard InChI is InChI=1S/C13H18ClN3O2S/c1-13(2,3)17-20(18,19)16-12-9-10(5-4-8-15)6-7-11(12)14/h6-7,9,16-17H,8,15H2,1-3H3. The van der Waals surface area contributed by atoms with Crippen molar-refractivity contribution in [1.29, 1.82) is 0 Å². The highest BCUT2D eigenvalue weighted by Gasteiger charge is 2.20. The molecule has 1 aromatic carbocycles. The van der Waals surface area contributed by atoms with E-state index < -0.39 is 15.7 Å². The fraction of sp³-hybridized carbons (Fsp3) is 0.385. The first-order chi connectivity index (χ1) is 9.13. The topological polar surface area (TPSA) is 84.2 Å². The molecule has 0 heterocycles. The van der Waals surface area contributed by atoms with E-state index >= 15 is 0 Å². The molecule has 4 N–H and O–H groups in total. The van der Waals surface area contributed by atoms with Gasteiger partial charge in [0, 0.05) is 11.1 Å². The molecule has 0 saturated carbocycles. The van der Waals surface area contributed by atoms with Crippen LogP contribution in [0.2, 0.25) is 5.02 Å². The van der Waals surface area contributed by atoms with Crippen LogP contribution in [0, 0.1) is 11.8 Å². The average Bonchev–Trinajstić information content (AvgIpc) is 2.26. The lowest BCUT2D eigenvalue weighted by Crippen LogP contribution is -2.43. The van der Waals surface area contributed by atoms with Gasteiger partial charge in [-0.2, -0.15) is 13.1 Å². The first-order valence-electron chi connectivity index (χ1n) is 5.93. The monoisotopic (exact) mass is 315 g/mol. The van der Waals surface area contributed by atoms with Crippen molar-refractivity contribution in [1.82, 2.24) is 4.72 Å². The van der Waals surface area contributed by atoms with Gasteiger partial charge < -0.3 is 5.73 Å². The molecule has 0 aliphatic heterocycles. The van der Waals surface area contributed by atoms with E-state index in [-0.39, 0.29) is 12.2 Å². The van der Waals surface area contributed by atoms with Gasteiger partial charge in [-0.3, -0.25) is 4.72 Å². The van der Waals surface area contributed by atoms with Crippen molar-refractivity contribution in [3.63, 3.8) is 0 Å². The van der Waals surface area contributed by atoms with Crippen LogP contribution in [0.3, 0.4) is 0 Å². The summed E-state index contributed by atoms with van der Waals surface area (Å²) in [4.78, 5) is 0. The summed E-state index contributed by atoms with van der Waals surface area (Å²) in [5.74, 6) is 5.51. The Bertz CT molecular complexity index is 640. The molecule has 5 nitrogen and oxygen atoms in total. The van der Waals surface area contributed by atoms with Gasteiger partial charge in [0.15, 0.2) is 0 Å². The zero-order chi connectivity index (χ0) is 15.4. The summed E-state index contributed by atoms with van der Waals surface area (Å²) in [6.45, 7) is 5.47. The minimum Gasteiger partial charge on any atom is -0.320 e. The van der Waals surface area contributed by atoms with Gasteiger partial charge in [0.05, 0.1) is 17.3 Å². The maximum Gasteiger partial charge on any atom is 0.299 e. The fourth-order valence-electron chi connectivity index (χ4n) is 1.41. The molecular weight excluding hydrogens is 298 g/mol. The van der Waals surface area contributed by atoms with Gasteiger partial charge >= 0.3 is 0 Å². The van der Waals surface area contributed by atoms with Crippen molar-refractivity contribution in [2.45, 2.75) is 26.3 Å². The highest BCUT2D eigenvalue weighted by atomic mass is 35.5. The first kappa shape index (κ1) is 16.8. The van der Waals surface area contributed by atoms with Gasteiger partial charge in [-0.05, 0) is 39.0 Å². The van der Waals surface area contributed by atoms with Crippen LogP contribution >= 0.6 is 11.6 Å². The Morgan fingerprint density at radius 1 is 1.35 bits per heavy atom. The summed E-state index contributed by atoms with van der Waals surface area (Å²) in [7, 11) is -3.71. The number of rotatable bonds is 3. The van der Waals surface area contributed by atoms with Gasteiger partial charge in [-0.1, -0.05) is 23.4 Å². The number of hydrogen-bond donors (Lipinski definition) is 3. The maximum atomic E-state index is 12.0. The van der Waals surface area contributed by atoms with Crippen molar-refractivity contribution in [3.05, 3.63) is 28.8 Å². The molecule has 0 radical (unpaired) electrons. The van der Waals surface area contributed by atoms with E-state index in [0.717, 1.165) is 0 Å². The van der Waals surface area contributed by atoms with E-state index in [0.29, 0.717) is 10.6 Å². The third-order valence-electron chi connectivity index (χ3n) is 1.99. The summed E-state index contributed by atoms with van der Waals surface area (Å²) < 4.78 is 28.8. The number of nitrogens with one attached hydrogen (secondary N) is 2. The predicted octanol–water partition coefficient (Wildman–Crippen LogP) is 1.69. The van der Waals surface area contributed by atoms with Crippen LogP contribution in [0.5, 0.6) is 0 Å². The molecule has 0 fully saturated rings. The molecule has 0 amide bonds. The van der Waals surface area contributed by atoms with E-state index in [2.05, 4.69) is 21.3 Å². The maximum absolute atomic E-state index is 12.0. The summed E-state index contributed by atoms with van der Waals surface area (Å²) in [6.07, 6.45) is 0. The smallest absolute Gasteiger partial charge is 0.299 e. The van der Waals surface area contributed by atoms with Crippen molar-refractivity contribution in [3.8, 4) is 11.8 Å². The van der Waals surface area contributed by atoms with E-state index in [1.165, 1.54) is 0 Å². The van der Waals surface area contributed by atoms with Crippen LogP contribution in [-0.4, -0.2) is 20.5 Å². The summed E-state index contributed by atoms with van der Waals surface area (Å²) >= 11 is 5.98. The lowest BCUT2D eigenvalue weighted by molar-refractivity contribution is 0.494. The minimum absolute atomic E-state index is 0.231. The van der Waals surface area contributed by atoms with Crippen molar-refractivity contribution < 1.29 is 8.42 Å². The molecule has 0 aliphatic rings.